The van der Waals surface area contributed by atoms with E-state index in [2.05, 4.69) is 21.0 Å². The summed E-state index contributed by atoms with van der Waals surface area (Å²) in [5.41, 5.74) is 0.138. The van der Waals surface area contributed by atoms with Gasteiger partial charge in [-0.1, -0.05) is 15.9 Å². The molecule has 3 amide bonds. The van der Waals surface area contributed by atoms with Gasteiger partial charge in [-0.15, -0.1) is 0 Å². The molecule has 8 nitrogen and oxygen atoms in total. The van der Waals surface area contributed by atoms with Crippen molar-refractivity contribution in [2.75, 3.05) is 11.5 Å². The fourth-order valence-electron chi connectivity index (χ4n) is 2.89. The van der Waals surface area contributed by atoms with Gasteiger partial charge in [-0.25, -0.2) is 14.7 Å². The predicted molar refractivity (Wildman–Crippen MR) is 90.5 cm³/mol. The third kappa shape index (κ3) is 2.74. The number of fused-ring (bicyclic) bond motifs is 1. The number of esters is 1. The molecule has 25 heavy (non-hydrogen) atoms. The van der Waals surface area contributed by atoms with Crippen LogP contribution in [0, 0.1) is 5.92 Å². The second kappa shape index (κ2) is 6.40. The smallest absolute Gasteiger partial charge is 0.355 e. The van der Waals surface area contributed by atoms with E-state index in [1.165, 1.54) is 6.92 Å². The largest absolute Gasteiger partial charge is 0.461 e. The molecule has 0 bridgehead atoms. The highest BCUT2D eigenvalue weighted by Gasteiger charge is 2.59. The second-order valence-electron chi connectivity index (χ2n) is 5.48. The first-order chi connectivity index (χ1) is 11.9. The summed E-state index contributed by atoms with van der Waals surface area (Å²) in [7, 11) is 0. The Bertz CT molecular complexity index is 804. The number of imide groups is 1. The Kier molecular flexibility index (Phi) is 4.42. The Hall–Kier alpha value is -2.55. The van der Waals surface area contributed by atoms with Crippen LogP contribution in [-0.4, -0.2) is 47.1 Å². The van der Waals surface area contributed by atoms with Crippen LogP contribution < -0.4 is 4.90 Å². The molecule has 1 aromatic carbocycles. The standard InChI is InChI=1S/C16H14BrN3O5/c1-3-25-16(24)12-11-13(20(18-12)8(2)21)15(23)19(14(11)22)10-6-4-9(17)5-7-10/h4-7,11,13H,3H2,1-2H3/t11-,13-/m1/s1. The van der Waals surface area contributed by atoms with Crippen molar-refractivity contribution in [2.45, 2.75) is 19.9 Å². The molecule has 0 saturated carbocycles. The van der Waals surface area contributed by atoms with Gasteiger partial charge in [-0.3, -0.25) is 14.4 Å². The molecule has 130 valence electrons. The molecule has 0 N–H and O–H groups in total. The average molecular weight is 408 g/mol. The van der Waals surface area contributed by atoms with Gasteiger partial charge >= 0.3 is 5.97 Å². The summed E-state index contributed by atoms with van der Waals surface area (Å²) in [6, 6.07) is 5.41. The van der Waals surface area contributed by atoms with Crippen molar-refractivity contribution in [1.82, 2.24) is 5.01 Å². The molecule has 1 aromatic rings. The van der Waals surface area contributed by atoms with E-state index >= 15 is 0 Å². The normalized spacial score (nSPS) is 22.1. The lowest BCUT2D eigenvalue weighted by Crippen LogP contribution is -2.41. The van der Waals surface area contributed by atoms with Crippen LogP contribution in [0.3, 0.4) is 0 Å². The van der Waals surface area contributed by atoms with Gasteiger partial charge in [0, 0.05) is 11.4 Å². The lowest BCUT2D eigenvalue weighted by atomic mass is 9.98. The van der Waals surface area contributed by atoms with Crippen LogP contribution in [0.4, 0.5) is 5.69 Å². The van der Waals surface area contributed by atoms with Crippen LogP contribution in [-0.2, 0) is 23.9 Å². The van der Waals surface area contributed by atoms with E-state index in [1.807, 2.05) is 0 Å². The summed E-state index contributed by atoms with van der Waals surface area (Å²) in [6.45, 7) is 2.92. The maximum atomic E-state index is 12.8. The van der Waals surface area contributed by atoms with Crippen molar-refractivity contribution in [1.29, 1.82) is 0 Å². The Morgan fingerprint density at radius 2 is 1.84 bits per heavy atom. The molecule has 2 aliphatic rings. The van der Waals surface area contributed by atoms with E-state index in [1.54, 1.807) is 31.2 Å². The minimum Gasteiger partial charge on any atom is -0.461 e. The summed E-state index contributed by atoms with van der Waals surface area (Å²) < 4.78 is 5.69. The molecule has 3 rings (SSSR count). The Balaban J connectivity index is 2.03. The molecule has 0 aromatic heterocycles. The maximum absolute atomic E-state index is 12.8. The highest BCUT2D eigenvalue weighted by Crippen LogP contribution is 2.35. The number of rotatable bonds is 3. The number of ether oxygens (including phenoxy) is 1. The van der Waals surface area contributed by atoms with Crippen LogP contribution in [0.2, 0.25) is 0 Å². The molecule has 2 aliphatic heterocycles. The fourth-order valence-corrected chi connectivity index (χ4v) is 3.16. The molecule has 0 spiro atoms. The molecule has 2 atom stereocenters. The lowest BCUT2D eigenvalue weighted by Gasteiger charge is -2.19. The Morgan fingerprint density at radius 1 is 1.20 bits per heavy atom. The number of hydrazone groups is 1. The molecular weight excluding hydrogens is 394 g/mol. The number of hydrogen-bond donors (Lipinski definition) is 0. The van der Waals surface area contributed by atoms with Gasteiger partial charge in [0.05, 0.1) is 12.3 Å². The lowest BCUT2D eigenvalue weighted by molar-refractivity contribution is -0.136. The Morgan fingerprint density at radius 3 is 2.40 bits per heavy atom. The molecule has 0 unspecified atom stereocenters. The summed E-state index contributed by atoms with van der Waals surface area (Å²) in [4.78, 5) is 50.6. The number of anilines is 1. The zero-order chi connectivity index (χ0) is 18.3. The first kappa shape index (κ1) is 17.3. The van der Waals surface area contributed by atoms with Crippen LogP contribution in [0.1, 0.15) is 13.8 Å². The first-order valence-corrected chi connectivity index (χ1v) is 8.35. The summed E-state index contributed by atoms with van der Waals surface area (Å²) >= 11 is 3.29. The topological polar surface area (TPSA) is 96.3 Å². The number of benzene rings is 1. The second-order valence-corrected chi connectivity index (χ2v) is 6.40. The molecule has 0 aliphatic carbocycles. The molecule has 9 heteroatoms. The zero-order valence-electron chi connectivity index (χ0n) is 13.4. The Labute approximate surface area is 151 Å². The van der Waals surface area contributed by atoms with Crippen molar-refractivity contribution in [2.24, 2.45) is 11.0 Å². The molecular formula is C16H14BrN3O5. The van der Waals surface area contributed by atoms with Gasteiger partial charge in [-0.05, 0) is 31.2 Å². The van der Waals surface area contributed by atoms with Crippen molar-refractivity contribution >= 4 is 51.0 Å². The van der Waals surface area contributed by atoms with Gasteiger partial charge in [0.15, 0.2) is 11.8 Å². The van der Waals surface area contributed by atoms with Gasteiger partial charge in [-0.2, -0.15) is 5.10 Å². The van der Waals surface area contributed by atoms with Crippen molar-refractivity contribution in [3.63, 3.8) is 0 Å². The fraction of sp³-hybridized carbons (Fsp3) is 0.312. The molecule has 1 fully saturated rings. The predicted octanol–water partition coefficient (Wildman–Crippen LogP) is 1.09. The number of amides is 3. The maximum Gasteiger partial charge on any atom is 0.355 e. The van der Waals surface area contributed by atoms with Crippen LogP contribution in [0.5, 0.6) is 0 Å². The van der Waals surface area contributed by atoms with E-state index in [4.69, 9.17) is 4.74 Å². The van der Waals surface area contributed by atoms with E-state index in [-0.39, 0.29) is 12.3 Å². The number of carbonyl (C=O) groups excluding carboxylic acids is 4. The molecule has 0 radical (unpaired) electrons. The number of hydrogen-bond acceptors (Lipinski definition) is 6. The summed E-state index contributed by atoms with van der Waals surface area (Å²) in [6.07, 6.45) is 0. The number of carbonyl (C=O) groups is 4. The minimum atomic E-state index is -1.16. The molecule has 1 saturated heterocycles. The zero-order valence-corrected chi connectivity index (χ0v) is 15.0. The first-order valence-electron chi connectivity index (χ1n) is 7.55. The van der Waals surface area contributed by atoms with Crippen molar-refractivity contribution in [3.8, 4) is 0 Å². The van der Waals surface area contributed by atoms with E-state index in [0.717, 1.165) is 14.4 Å². The third-order valence-corrected chi connectivity index (χ3v) is 4.47. The van der Waals surface area contributed by atoms with Crippen LogP contribution in [0.25, 0.3) is 0 Å². The number of nitrogens with zero attached hydrogens (tertiary/aromatic N) is 3. The monoisotopic (exact) mass is 407 g/mol. The van der Waals surface area contributed by atoms with Gasteiger partial charge in [0.2, 0.25) is 11.8 Å². The van der Waals surface area contributed by atoms with E-state index in [0.29, 0.717) is 5.69 Å². The van der Waals surface area contributed by atoms with Crippen LogP contribution in [0.15, 0.2) is 33.8 Å². The van der Waals surface area contributed by atoms with Gasteiger partial charge in [0.25, 0.3) is 5.91 Å². The highest BCUT2D eigenvalue weighted by atomic mass is 79.9. The van der Waals surface area contributed by atoms with Gasteiger partial charge in [0.1, 0.15) is 5.92 Å². The average Bonchev–Trinajstić information content (AvgIpc) is 3.07. The quantitative estimate of drug-likeness (QED) is 0.551. The SMILES string of the molecule is CCOC(=O)C1=NN(C(C)=O)[C@H]2C(=O)N(c3ccc(Br)cc3)C(=O)[C@H]12. The van der Waals surface area contributed by atoms with Crippen molar-refractivity contribution in [3.05, 3.63) is 28.7 Å². The summed E-state index contributed by atoms with van der Waals surface area (Å²) in [5, 5.41) is 4.77. The highest BCUT2D eigenvalue weighted by molar-refractivity contribution is 9.10. The van der Waals surface area contributed by atoms with Crippen molar-refractivity contribution < 1.29 is 23.9 Å². The minimum absolute atomic E-state index is 0.0911. The van der Waals surface area contributed by atoms with Gasteiger partial charge < -0.3 is 4.74 Å². The third-order valence-electron chi connectivity index (χ3n) is 3.94. The molecule has 2 heterocycles. The van der Waals surface area contributed by atoms with Crippen LogP contribution >= 0.6 is 15.9 Å². The number of halogens is 1. The summed E-state index contributed by atoms with van der Waals surface area (Å²) in [5.74, 6) is -3.70. The van der Waals surface area contributed by atoms with E-state index in [9.17, 15) is 19.2 Å². The van der Waals surface area contributed by atoms with E-state index < -0.39 is 35.7 Å².